The summed E-state index contributed by atoms with van der Waals surface area (Å²) in [5.41, 5.74) is 1.15. The number of nitrogens with zero attached hydrogens (tertiary/aromatic N) is 2. The standard InChI is InChI=1S/C7H15N5S/c1-11-2-3-12(8)6(4-11)7-9-5-13-10-7/h9-10H,2-5,8H2,1H3/b7-6+. The lowest BCUT2D eigenvalue weighted by atomic mass is 10.3. The molecule has 0 aromatic heterocycles. The summed E-state index contributed by atoms with van der Waals surface area (Å²) in [5, 5.41) is 5.08. The van der Waals surface area contributed by atoms with Gasteiger partial charge in [0.1, 0.15) is 5.82 Å². The molecule has 2 aliphatic heterocycles. The zero-order valence-corrected chi connectivity index (χ0v) is 8.52. The van der Waals surface area contributed by atoms with Gasteiger partial charge in [-0.15, -0.1) is 0 Å². The number of nitrogens with two attached hydrogens (primary N) is 1. The second-order valence-electron chi connectivity index (χ2n) is 3.32. The molecular weight excluding hydrogens is 186 g/mol. The van der Waals surface area contributed by atoms with Crippen molar-refractivity contribution < 1.29 is 0 Å². The zero-order chi connectivity index (χ0) is 9.26. The Morgan fingerprint density at radius 2 is 2.31 bits per heavy atom. The molecule has 2 saturated heterocycles. The summed E-state index contributed by atoms with van der Waals surface area (Å²) in [5.74, 6) is 7.86. The number of hydrogen-bond donors (Lipinski definition) is 3. The van der Waals surface area contributed by atoms with E-state index in [0.717, 1.165) is 37.0 Å². The molecule has 0 bridgehead atoms. The number of piperazine rings is 1. The monoisotopic (exact) mass is 201 g/mol. The molecule has 0 unspecified atom stereocenters. The second-order valence-corrected chi connectivity index (χ2v) is 4.10. The van der Waals surface area contributed by atoms with E-state index in [-0.39, 0.29) is 0 Å². The van der Waals surface area contributed by atoms with Crippen molar-refractivity contribution in [1.82, 2.24) is 19.9 Å². The SMILES string of the molecule is CN1CCN(N)/C(=C2\NCSN2)C1. The third-order valence-corrected chi connectivity index (χ3v) is 2.91. The third-order valence-electron chi connectivity index (χ3n) is 2.27. The first-order valence-electron chi connectivity index (χ1n) is 4.33. The van der Waals surface area contributed by atoms with Gasteiger partial charge in [-0.1, -0.05) is 0 Å². The van der Waals surface area contributed by atoms with Crippen molar-refractivity contribution in [3.8, 4) is 0 Å². The smallest absolute Gasteiger partial charge is 0.132 e. The molecule has 5 nitrogen and oxygen atoms in total. The Bertz CT molecular complexity index is 221. The Balaban J connectivity index is 2.14. The molecule has 0 aliphatic carbocycles. The fourth-order valence-electron chi connectivity index (χ4n) is 1.48. The molecule has 0 saturated carbocycles. The molecule has 2 heterocycles. The van der Waals surface area contributed by atoms with Gasteiger partial charge in [0.15, 0.2) is 0 Å². The Morgan fingerprint density at radius 1 is 1.46 bits per heavy atom. The Morgan fingerprint density at radius 3 is 3.00 bits per heavy atom. The fraction of sp³-hybridized carbons (Fsp3) is 0.714. The van der Waals surface area contributed by atoms with Gasteiger partial charge in [0.05, 0.1) is 11.6 Å². The summed E-state index contributed by atoms with van der Waals surface area (Å²) in [7, 11) is 2.11. The van der Waals surface area contributed by atoms with Crippen LogP contribution in [-0.2, 0) is 0 Å². The molecule has 13 heavy (non-hydrogen) atoms. The second kappa shape index (κ2) is 3.65. The fourth-order valence-corrected chi connectivity index (χ4v) is 2.10. The molecule has 0 aromatic rings. The van der Waals surface area contributed by atoms with Gasteiger partial charge >= 0.3 is 0 Å². The summed E-state index contributed by atoms with van der Waals surface area (Å²) in [6.07, 6.45) is 0. The number of hydrogen-bond acceptors (Lipinski definition) is 6. The van der Waals surface area contributed by atoms with Crippen LogP contribution in [0.5, 0.6) is 0 Å². The normalized spacial score (nSPS) is 30.2. The van der Waals surface area contributed by atoms with Gasteiger partial charge in [-0.3, -0.25) is 4.90 Å². The summed E-state index contributed by atoms with van der Waals surface area (Å²) in [4.78, 5) is 2.26. The lowest BCUT2D eigenvalue weighted by Gasteiger charge is -2.33. The topological polar surface area (TPSA) is 56.6 Å². The van der Waals surface area contributed by atoms with Gasteiger partial charge in [0, 0.05) is 19.6 Å². The highest BCUT2D eigenvalue weighted by molar-refractivity contribution is 7.97. The van der Waals surface area contributed by atoms with E-state index in [0.29, 0.717) is 0 Å². The molecule has 2 fully saturated rings. The molecule has 74 valence electrons. The highest BCUT2D eigenvalue weighted by atomic mass is 32.2. The Kier molecular flexibility index (Phi) is 2.52. The minimum Gasteiger partial charge on any atom is -0.359 e. The van der Waals surface area contributed by atoms with Crippen molar-refractivity contribution in [3.05, 3.63) is 11.5 Å². The molecule has 2 rings (SSSR count). The van der Waals surface area contributed by atoms with Crippen LogP contribution < -0.4 is 15.9 Å². The quantitative estimate of drug-likeness (QED) is 0.348. The lowest BCUT2D eigenvalue weighted by Crippen LogP contribution is -2.48. The van der Waals surface area contributed by atoms with E-state index in [2.05, 4.69) is 22.0 Å². The predicted molar refractivity (Wildman–Crippen MR) is 54.1 cm³/mol. The van der Waals surface area contributed by atoms with Crippen molar-refractivity contribution in [2.24, 2.45) is 5.84 Å². The molecular formula is C7H15N5S. The molecule has 0 spiro atoms. The third kappa shape index (κ3) is 1.84. The number of nitrogens with one attached hydrogen (secondary N) is 2. The minimum atomic E-state index is 0.892. The maximum atomic E-state index is 5.88. The van der Waals surface area contributed by atoms with Crippen LogP contribution in [-0.4, -0.2) is 42.5 Å². The van der Waals surface area contributed by atoms with Crippen LogP contribution in [0.25, 0.3) is 0 Å². The van der Waals surface area contributed by atoms with Crippen molar-refractivity contribution in [2.45, 2.75) is 0 Å². The minimum absolute atomic E-state index is 0.892. The molecule has 0 radical (unpaired) electrons. The number of hydrazine groups is 1. The van der Waals surface area contributed by atoms with Crippen molar-refractivity contribution >= 4 is 11.9 Å². The van der Waals surface area contributed by atoms with Gasteiger partial charge in [-0.2, -0.15) is 0 Å². The van der Waals surface area contributed by atoms with E-state index in [4.69, 9.17) is 5.84 Å². The lowest BCUT2D eigenvalue weighted by molar-refractivity contribution is 0.202. The number of rotatable bonds is 0. The highest BCUT2D eigenvalue weighted by Crippen LogP contribution is 2.15. The van der Waals surface area contributed by atoms with Crippen LogP contribution in [0.4, 0.5) is 0 Å². The first kappa shape index (κ1) is 8.98. The van der Waals surface area contributed by atoms with Crippen LogP contribution in [0.3, 0.4) is 0 Å². The van der Waals surface area contributed by atoms with E-state index in [1.54, 1.807) is 11.9 Å². The van der Waals surface area contributed by atoms with Crippen LogP contribution in [0, 0.1) is 0 Å². The van der Waals surface area contributed by atoms with Crippen molar-refractivity contribution in [1.29, 1.82) is 0 Å². The number of likely N-dealkylation sites (N-methyl/N-ethyl adjacent to an activating group) is 1. The van der Waals surface area contributed by atoms with E-state index >= 15 is 0 Å². The first-order valence-corrected chi connectivity index (χ1v) is 5.31. The molecule has 6 heteroatoms. The highest BCUT2D eigenvalue weighted by Gasteiger charge is 2.21. The van der Waals surface area contributed by atoms with Gasteiger partial charge in [-0.05, 0) is 19.0 Å². The van der Waals surface area contributed by atoms with Gasteiger partial charge in [0.25, 0.3) is 0 Å². The molecule has 4 N–H and O–H groups in total. The molecule has 0 aromatic carbocycles. The maximum Gasteiger partial charge on any atom is 0.132 e. The van der Waals surface area contributed by atoms with Crippen LogP contribution >= 0.6 is 11.9 Å². The largest absolute Gasteiger partial charge is 0.359 e. The summed E-state index contributed by atoms with van der Waals surface area (Å²) in [6, 6.07) is 0. The zero-order valence-electron chi connectivity index (χ0n) is 7.71. The van der Waals surface area contributed by atoms with Crippen molar-refractivity contribution in [3.63, 3.8) is 0 Å². The molecule has 2 aliphatic rings. The van der Waals surface area contributed by atoms with Gasteiger partial charge < -0.3 is 15.0 Å². The predicted octanol–water partition coefficient (Wildman–Crippen LogP) is -0.925. The van der Waals surface area contributed by atoms with Crippen LogP contribution in [0.1, 0.15) is 0 Å². The van der Waals surface area contributed by atoms with Crippen LogP contribution in [0.15, 0.2) is 11.5 Å². The maximum absolute atomic E-state index is 5.88. The van der Waals surface area contributed by atoms with Crippen molar-refractivity contribution in [2.75, 3.05) is 32.6 Å². The van der Waals surface area contributed by atoms with E-state index in [9.17, 15) is 0 Å². The van der Waals surface area contributed by atoms with E-state index in [1.165, 1.54) is 0 Å². The summed E-state index contributed by atoms with van der Waals surface area (Å²) in [6.45, 7) is 2.83. The Hall–Kier alpha value is -0.590. The average Bonchev–Trinajstić information content (AvgIpc) is 2.61. The molecule has 0 atom stereocenters. The van der Waals surface area contributed by atoms with Gasteiger partial charge in [0.2, 0.25) is 0 Å². The van der Waals surface area contributed by atoms with E-state index in [1.807, 2.05) is 5.01 Å². The van der Waals surface area contributed by atoms with Crippen LogP contribution in [0.2, 0.25) is 0 Å². The summed E-state index contributed by atoms with van der Waals surface area (Å²) >= 11 is 1.66. The van der Waals surface area contributed by atoms with Gasteiger partial charge in [-0.25, -0.2) is 5.84 Å². The first-order chi connectivity index (χ1) is 6.27. The summed E-state index contributed by atoms with van der Waals surface area (Å²) < 4.78 is 3.21. The molecule has 0 amide bonds. The average molecular weight is 201 g/mol. The Labute approximate surface area is 82.4 Å². The van der Waals surface area contributed by atoms with E-state index < -0.39 is 0 Å².